The van der Waals surface area contributed by atoms with Crippen molar-refractivity contribution in [3.05, 3.63) is 35.4 Å². The standard InChI is InChI=1S/C11H15NO3/c1-8(14)11(12,15-2)10-6-4-3-5-9(10)7-13/h3-8,14H,12H2,1-2H3/t8-,11+/m1/s1. The van der Waals surface area contributed by atoms with Crippen LogP contribution in [0.5, 0.6) is 0 Å². The van der Waals surface area contributed by atoms with Crippen molar-refractivity contribution in [2.45, 2.75) is 18.8 Å². The van der Waals surface area contributed by atoms with Gasteiger partial charge in [0.25, 0.3) is 0 Å². The normalized spacial score (nSPS) is 16.8. The van der Waals surface area contributed by atoms with Gasteiger partial charge in [0, 0.05) is 18.2 Å². The zero-order valence-corrected chi connectivity index (χ0v) is 8.81. The second kappa shape index (κ2) is 4.53. The maximum atomic E-state index is 10.8. The van der Waals surface area contributed by atoms with Crippen LogP contribution in [0, 0.1) is 0 Å². The average molecular weight is 209 g/mol. The Hall–Kier alpha value is -1.23. The largest absolute Gasteiger partial charge is 0.389 e. The van der Waals surface area contributed by atoms with Crippen LogP contribution < -0.4 is 5.73 Å². The summed E-state index contributed by atoms with van der Waals surface area (Å²) in [5, 5.41) is 9.58. The van der Waals surface area contributed by atoms with Gasteiger partial charge in [-0.15, -0.1) is 0 Å². The molecule has 4 nitrogen and oxygen atoms in total. The molecular weight excluding hydrogens is 194 g/mol. The van der Waals surface area contributed by atoms with Crippen LogP contribution in [0.1, 0.15) is 22.8 Å². The maximum absolute atomic E-state index is 10.8. The maximum Gasteiger partial charge on any atom is 0.168 e. The molecule has 0 aliphatic heterocycles. The van der Waals surface area contributed by atoms with Crippen molar-refractivity contribution < 1.29 is 14.6 Å². The Labute approximate surface area is 88.7 Å². The molecule has 1 rings (SSSR count). The van der Waals surface area contributed by atoms with E-state index in [9.17, 15) is 9.90 Å². The van der Waals surface area contributed by atoms with Gasteiger partial charge in [-0.2, -0.15) is 0 Å². The van der Waals surface area contributed by atoms with Crippen LogP contribution in [0.4, 0.5) is 0 Å². The quantitative estimate of drug-likeness (QED) is 0.563. The zero-order chi connectivity index (χ0) is 11.5. The van der Waals surface area contributed by atoms with E-state index in [0.717, 1.165) is 0 Å². The third kappa shape index (κ3) is 2.07. The SMILES string of the molecule is CO[C@](N)(c1ccccc1C=O)[C@@H](C)O. The smallest absolute Gasteiger partial charge is 0.168 e. The van der Waals surface area contributed by atoms with Gasteiger partial charge >= 0.3 is 0 Å². The van der Waals surface area contributed by atoms with Crippen molar-refractivity contribution in [3.8, 4) is 0 Å². The lowest BCUT2D eigenvalue weighted by Crippen LogP contribution is -2.48. The third-order valence-electron chi connectivity index (χ3n) is 2.47. The number of hydrogen-bond acceptors (Lipinski definition) is 4. The summed E-state index contributed by atoms with van der Waals surface area (Å²) in [6.07, 6.45) is -0.221. The number of aliphatic hydroxyl groups excluding tert-OH is 1. The Balaban J connectivity index is 3.29. The molecule has 15 heavy (non-hydrogen) atoms. The van der Waals surface area contributed by atoms with Crippen LogP contribution >= 0.6 is 0 Å². The predicted molar refractivity (Wildman–Crippen MR) is 56.4 cm³/mol. The lowest BCUT2D eigenvalue weighted by atomic mass is 9.94. The number of methoxy groups -OCH3 is 1. The second-order valence-corrected chi connectivity index (χ2v) is 3.38. The van der Waals surface area contributed by atoms with E-state index >= 15 is 0 Å². The van der Waals surface area contributed by atoms with Gasteiger partial charge in [0.05, 0.1) is 6.10 Å². The Morgan fingerprint density at radius 3 is 2.60 bits per heavy atom. The van der Waals surface area contributed by atoms with E-state index in [-0.39, 0.29) is 0 Å². The first-order valence-corrected chi connectivity index (χ1v) is 4.63. The average Bonchev–Trinajstić information content (AvgIpc) is 2.27. The molecule has 0 unspecified atom stereocenters. The van der Waals surface area contributed by atoms with Crippen LogP contribution in [-0.4, -0.2) is 24.6 Å². The van der Waals surface area contributed by atoms with Crippen molar-refractivity contribution in [3.63, 3.8) is 0 Å². The first-order chi connectivity index (χ1) is 7.06. The molecule has 2 atom stereocenters. The van der Waals surface area contributed by atoms with Gasteiger partial charge in [-0.3, -0.25) is 10.5 Å². The summed E-state index contributed by atoms with van der Waals surface area (Å²) < 4.78 is 5.10. The Morgan fingerprint density at radius 1 is 1.53 bits per heavy atom. The summed E-state index contributed by atoms with van der Waals surface area (Å²) in [7, 11) is 1.40. The van der Waals surface area contributed by atoms with Crippen LogP contribution in [-0.2, 0) is 10.5 Å². The van der Waals surface area contributed by atoms with Gasteiger partial charge in [-0.1, -0.05) is 24.3 Å². The van der Waals surface area contributed by atoms with Crippen molar-refractivity contribution in [2.24, 2.45) is 5.73 Å². The molecule has 0 aliphatic rings. The Kier molecular flexibility index (Phi) is 3.57. The third-order valence-corrected chi connectivity index (χ3v) is 2.47. The van der Waals surface area contributed by atoms with Crippen LogP contribution in [0.3, 0.4) is 0 Å². The first kappa shape index (κ1) is 11.8. The highest BCUT2D eigenvalue weighted by Crippen LogP contribution is 2.25. The fourth-order valence-electron chi connectivity index (χ4n) is 1.46. The van der Waals surface area contributed by atoms with E-state index in [2.05, 4.69) is 0 Å². The molecule has 3 N–H and O–H groups in total. The van der Waals surface area contributed by atoms with E-state index in [1.165, 1.54) is 14.0 Å². The zero-order valence-electron chi connectivity index (χ0n) is 8.81. The summed E-state index contributed by atoms with van der Waals surface area (Å²) in [4.78, 5) is 10.8. The van der Waals surface area contributed by atoms with E-state index in [0.29, 0.717) is 17.4 Å². The highest BCUT2D eigenvalue weighted by molar-refractivity contribution is 5.77. The fourth-order valence-corrected chi connectivity index (χ4v) is 1.46. The molecule has 0 amide bonds. The molecule has 4 heteroatoms. The number of carbonyl (C=O) groups is 1. The second-order valence-electron chi connectivity index (χ2n) is 3.38. The molecule has 0 saturated heterocycles. The molecule has 0 heterocycles. The number of rotatable bonds is 4. The fraction of sp³-hybridized carbons (Fsp3) is 0.364. The number of carbonyl (C=O) groups excluding carboxylic acids is 1. The Bertz CT molecular complexity index is 351. The molecule has 0 fully saturated rings. The van der Waals surface area contributed by atoms with E-state index < -0.39 is 11.8 Å². The molecule has 0 bridgehead atoms. The number of ether oxygens (including phenoxy) is 1. The van der Waals surface area contributed by atoms with Gasteiger partial charge in [0.15, 0.2) is 5.72 Å². The lowest BCUT2D eigenvalue weighted by Gasteiger charge is -2.32. The summed E-state index contributed by atoms with van der Waals surface area (Å²) in [6.45, 7) is 1.52. The highest BCUT2D eigenvalue weighted by atomic mass is 16.5. The minimum absolute atomic E-state index is 0.419. The topological polar surface area (TPSA) is 72.5 Å². The van der Waals surface area contributed by atoms with E-state index in [1.54, 1.807) is 24.3 Å². The number of nitrogens with two attached hydrogens (primary N) is 1. The predicted octanol–water partition coefficient (Wildman–Crippen LogP) is 0.638. The summed E-state index contributed by atoms with van der Waals surface area (Å²) in [6, 6.07) is 6.77. The molecular formula is C11H15NO3. The summed E-state index contributed by atoms with van der Waals surface area (Å²) in [5.74, 6) is 0. The van der Waals surface area contributed by atoms with Gasteiger partial charge in [-0.05, 0) is 6.92 Å². The van der Waals surface area contributed by atoms with Crippen molar-refractivity contribution >= 4 is 6.29 Å². The van der Waals surface area contributed by atoms with Crippen LogP contribution in [0.25, 0.3) is 0 Å². The number of aldehydes is 1. The highest BCUT2D eigenvalue weighted by Gasteiger charge is 2.34. The number of aliphatic hydroxyl groups is 1. The molecule has 1 aromatic rings. The lowest BCUT2D eigenvalue weighted by molar-refractivity contribution is -0.0972. The van der Waals surface area contributed by atoms with Gasteiger partial charge in [0.1, 0.15) is 6.29 Å². The number of hydrogen-bond donors (Lipinski definition) is 2. The summed E-state index contributed by atoms with van der Waals surface area (Å²) in [5.41, 5.74) is 5.46. The molecule has 0 aliphatic carbocycles. The molecule has 0 saturated carbocycles. The minimum atomic E-state index is -1.35. The van der Waals surface area contributed by atoms with Crippen molar-refractivity contribution in [1.29, 1.82) is 0 Å². The first-order valence-electron chi connectivity index (χ1n) is 4.63. The molecule has 82 valence electrons. The van der Waals surface area contributed by atoms with E-state index in [4.69, 9.17) is 10.5 Å². The molecule has 0 spiro atoms. The Morgan fingerprint density at radius 2 is 2.13 bits per heavy atom. The monoisotopic (exact) mass is 209 g/mol. The van der Waals surface area contributed by atoms with Crippen LogP contribution in [0.15, 0.2) is 24.3 Å². The molecule has 0 aromatic heterocycles. The van der Waals surface area contributed by atoms with Crippen molar-refractivity contribution in [2.75, 3.05) is 7.11 Å². The van der Waals surface area contributed by atoms with Gasteiger partial charge in [0.2, 0.25) is 0 Å². The minimum Gasteiger partial charge on any atom is -0.389 e. The van der Waals surface area contributed by atoms with Gasteiger partial charge < -0.3 is 9.84 Å². The van der Waals surface area contributed by atoms with E-state index in [1.807, 2.05) is 0 Å². The van der Waals surface area contributed by atoms with Crippen LogP contribution in [0.2, 0.25) is 0 Å². The molecule has 1 aromatic carbocycles. The summed E-state index contributed by atoms with van der Waals surface area (Å²) >= 11 is 0. The van der Waals surface area contributed by atoms with Gasteiger partial charge in [-0.25, -0.2) is 0 Å². The van der Waals surface area contributed by atoms with Crippen molar-refractivity contribution in [1.82, 2.24) is 0 Å². The number of benzene rings is 1. The molecule has 0 radical (unpaired) electrons.